The van der Waals surface area contributed by atoms with Gasteiger partial charge in [-0.15, -0.1) is 13.2 Å². The molecular formula is C22H26F3N3O3. The third-order valence-electron chi connectivity index (χ3n) is 6.05. The Hall–Kier alpha value is -2.52. The van der Waals surface area contributed by atoms with Crippen LogP contribution in [0.5, 0.6) is 5.75 Å². The molecule has 4 rings (SSSR count). The third-order valence-corrected chi connectivity index (χ3v) is 6.05. The Labute approximate surface area is 178 Å². The highest BCUT2D eigenvalue weighted by Gasteiger charge is 2.55. The summed E-state index contributed by atoms with van der Waals surface area (Å²) in [6.07, 6.45) is -3.08. The van der Waals surface area contributed by atoms with E-state index in [1.165, 1.54) is 12.1 Å². The average molecular weight is 437 g/mol. The molecule has 1 N–H and O–H groups in total. The molecule has 2 aliphatic rings. The van der Waals surface area contributed by atoms with Crippen molar-refractivity contribution in [3.63, 3.8) is 0 Å². The van der Waals surface area contributed by atoms with Crippen LogP contribution in [-0.2, 0) is 17.9 Å². The summed E-state index contributed by atoms with van der Waals surface area (Å²) in [5.74, 6) is 2.36. The second kappa shape index (κ2) is 8.92. The Balaban J connectivity index is 1.15. The molecule has 2 unspecified atom stereocenters. The van der Waals surface area contributed by atoms with Gasteiger partial charge in [-0.2, -0.15) is 0 Å². The number of furan rings is 1. The van der Waals surface area contributed by atoms with Crippen LogP contribution in [0.25, 0.3) is 0 Å². The maximum Gasteiger partial charge on any atom is 0.573 e. The van der Waals surface area contributed by atoms with Gasteiger partial charge in [0.25, 0.3) is 0 Å². The normalized spacial score (nSPS) is 22.9. The number of halogens is 3. The zero-order valence-electron chi connectivity index (χ0n) is 17.3. The largest absolute Gasteiger partial charge is 0.573 e. The Bertz CT molecular complexity index is 876. The molecule has 31 heavy (non-hydrogen) atoms. The summed E-state index contributed by atoms with van der Waals surface area (Å²) in [7, 11) is 1.78. The van der Waals surface area contributed by atoms with Gasteiger partial charge in [-0.25, -0.2) is 0 Å². The minimum absolute atomic E-state index is 0.0772. The maximum absolute atomic E-state index is 12.4. The molecule has 6 nitrogen and oxygen atoms in total. The van der Waals surface area contributed by atoms with Crippen molar-refractivity contribution in [2.24, 2.45) is 17.8 Å². The molecule has 2 heterocycles. The van der Waals surface area contributed by atoms with Crippen LogP contribution in [0, 0.1) is 17.8 Å². The quantitative estimate of drug-likeness (QED) is 0.654. The van der Waals surface area contributed by atoms with Crippen LogP contribution in [-0.4, -0.2) is 55.3 Å². The number of nitrogens with one attached hydrogen (secondary N) is 1. The molecule has 1 aromatic carbocycles. The number of nitrogens with zero attached hydrogens (tertiary/aromatic N) is 2. The summed E-state index contributed by atoms with van der Waals surface area (Å²) in [4.78, 5) is 16.3. The molecule has 1 saturated heterocycles. The van der Waals surface area contributed by atoms with Crippen LogP contribution in [0.2, 0.25) is 0 Å². The summed E-state index contributed by atoms with van der Waals surface area (Å²) >= 11 is 0. The summed E-state index contributed by atoms with van der Waals surface area (Å²) in [5.41, 5.74) is 0.749. The number of carbonyl (C=O) groups excluding carboxylic acids is 1. The molecular weight excluding hydrogens is 411 g/mol. The average Bonchev–Trinajstić information content (AvgIpc) is 3.07. The number of likely N-dealkylation sites (tertiary alicyclic amines) is 1. The summed E-state index contributed by atoms with van der Waals surface area (Å²) in [6, 6.07) is 9.69. The first-order valence-electron chi connectivity index (χ1n) is 10.3. The molecule has 1 aliphatic carbocycles. The molecule has 1 amide bonds. The first kappa shape index (κ1) is 21.7. The molecule has 2 fully saturated rings. The number of piperidine rings is 1. The Morgan fingerprint density at radius 2 is 2.03 bits per heavy atom. The number of likely N-dealkylation sites (N-methyl/N-ethyl adjacent to an activating group) is 1. The number of carbonyl (C=O) groups is 1. The van der Waals surface area contributed by atoms with E-state index in [9.17, 15) is 18.0 Å². The fourth-order valence-corrected chi connectivity index (χ4v) is 4.44. The van der Waals surface area contributed by atoms with Gasteiger partial charge in [0, 0.05) is 26.7 Å². The van der Waals surface area contributed by atoms with E-state index in [2.05, 4.69) is 15.0 Å². The standard InChI is InChI=1S/C22H26F3N3O3/c1-27(11-17-6-3-7-30-17)21(29)14-28-12-19-18(20(19)13-28)10-26-9-15-4-2-5-16(8-15)31-22(23,24)25/h2-8,18-20,26H,9-14H2,1H3. The number of hydrogen-bond acceptors (Lipinski definition) is 5. The maximum atomic E-state index is 12.4. The predicted octanol–water partition coefficient (Wildman–Crippen LogP) is 3.10. The molecule has 0 spiro atoms. The number of ether oxygens (including phenoxy) is 1. The zero-order valence-corrected chi connectivity index (χ0v) is 17.3. The number of fused-ring (bicyclic) bond motifs is 1. The van der Waals surface area contributed by atoms with Crippen LogP contribution in [0.4, 0.5) is 13.2 Å². The van der Waals surface area contributed by atoms with Gasteiger partial charge >= 0.3 is 6.36 Å². The molecule has 1 aromatic heterocycles. The van der Waals surface area contributed by atoms with Gasteiger partial charge in [0.15, 0.2) is 0 Å². The Morgan fingerprint density at radius 3 is 2.71 bits per heavy atom. The molecule has 1 saturated carbocycles. The molecule has 168 valence electrons. The monoisotopic (exact) mass is 437 g/mol. The lowest BCUT2D eigenvalue weighted by atomic mass is 10.2. The summed E-state index contributed by atoms with van der Waals surface area (Å²) in [6.45, 7) is 4.01. The van der Waals surface area contributed by atoms with E-state index in [4.69, 9.17) is 4.42 Å². The van der Waals surface area contributed by atoms with Crippen molar-refractivity contribution in [2.45, 2.75) is 19.5 Å². The van der Waals surface area contributed by atoms with Crippen molar-refractivity contribution < 1.29 is 27.1 Å². The topological polar surface area (TPSA) is 58.0 Å². The van der Waals surface area contributed by atoms with Crippen LogP contribution < -0.4 is 10.1 Å². The van der Waals surface area contributed by atoms with Gasteiger partial charge in [0.05, 0.1) is 19.4 Å². The van der Waals surface area contributed by atoms with Crippen molar-refractivity contribution in [3.05, 3.63) is 54.0 Å². The minimum atomic E-state index is -4.68. The summed E-state index contributed by atoms with van der Waals surface area (Å²) in [5, 5.41) is 3.34. The van der Waals surface area contributed by atoms with Crippen LogP contribution in [0.3, 0.4) is 0 Å². The van der Waals surface area contributed by atoms with E-state index >= 15 is 0 Å². The second-order valence-corrected chi connectivity index (χ2v) is 8.34. The van der Waals surface area contributed by atoms with Crippen LogP contribution >= 0.6 is 0 Å². The number of amides is 1. The van der Waals surface area contributed by atoms with E-state index in [-0.39, 0.29) is 11.7 Å². The highest BCUT2D eigenvalue weighted by molar-refractivity contribution is 5.78. The number of hydrogen-bond donors (Lipinski definition) is 1. The fourth-order valence-electron chi connectivity index (χ4n) is 4.44. The molecule has 0 radical (unpaired) electrons. The lowest BCUT2D eigenvalue weighted by Gasteiger charge is -2.23. The SMILES string of the molecule is CN(Cc1ccco1)C(=O)CN1CC2C(CNCc3cccc(OC(F)(F)F)c3)C2C1. The Kier molecular flexibility index (Phi) is 6.24. The highest BCUT2D eigenvalue weighted by atomic mass is 19.4. The van der Waals surface area contributed by atoms with Crippen molar-refractivity contribution in [2.75, 3.05) is 33.2 Å². The summed E-state index contributed by atoms with van der Waals surface area (Å²) < 4.78 is 46.3. The van der Waals surface area contributed by atoms with Gasteiger partial charge in [0.2, 0.25) is 5.91 Å². The van der Waals surface area contributed by atoms with Crippen LogP contribution in [0.15, 0.2) is 47.1 Å². The van der Waals surface area contributed by atoms with Crippen molar-refractivity contribution >= 4 is 5.91 Å². The number of benzene rings is 1. The minimum Gasteiger partial charge on any atom is -0.467 e. The molecule has 9 heteroatoms. The highest BCUT2D eigenvalue weighted by Crippen LogP contribution is 2.51. The first-order valence-corrected chi connectivity index (χ1v) is 10.3. The van der Waals surface area contributed by atoms with E-state index in [1.807, 2.05) is 12.1 Å². The van der Waals surface area contributed by atoms with Crippen molar-refractivity contribution in [1.29, 1.82) is 0 Å². The van der Waals surface area contributed by atoms with Gasteiger partial charge in [-0.3, -0.25) is 9.69 Å². The zero-order chi connectivity index (χ0) is 22.0. The van der Waals surface area contributed by atoms with Gasteiger partial charge < -0.3 is 19.4 Å². The van der Waals surface area contributed by atoms with Gasteiger partial charge in [-0.1, -0.05) is 12.1 Å². The van der Waals surface area contributed by atoms with Gasteiger partial charge in [0.1, 0.15) is 11.5 Å². The third kappa shape index (κ3) is 5.80. The van der Waals surface area contributed by atoms with Crippen LogP contribution in [0.1, 0.15) is 11.3 Å². The molecule has 2 atom stereocenters. The van der Waals surface area contributed by atoms with Crippen molar-refractivity contribution in [1.82, 2.24) is 15.1 Å². The van der Waals surface area contributed by atoms with E-state index in [0.29, 0.717) is 37.4 Å². The number of rotatable bonds is 9. The predicted molar refractivity (Wildman–Crippen MR) is 107 cm³/mol. The second-order valence-electron chi connectivity index (χ2n) is 8.34. The molecule has 2 aromatic rings. The molecule has 0 bridgehead atoms. The van der Waals surface area contributed by atoms with E-state index in [1.54, 1.807) is 30.3 Å². The number of alkyl halides is 3. The van der Waals surface area contributed by atoms with E-state index < -0.39 is 6.36 Å². The first-order chi connectivity index (χ1) is 14.8. The van der Waals surface area contributed by atoms with E-state index in [0.717, 1.165) is 31.0 Å². The van der Waals surface area contributed by atoms with Crippen molar-refractivity contribution in [3.8, 4) is 5.75 Å². The smallest absolute Gasteiger partial charge is 0.467 e. The van der Waals surface area contributed by atoms with Gasteiger partial charge in [-0.05, 0) is 54.1 Å². The fraction of sp³-hybridized carbons (Fsp3) is 0.500. The lowest BCUT2D eigenvalue weighted by Crippen LogP contribution is -2.38. The lowest BCUT2D eigenvalue weighted by molar-refractivity contribution is -0.274. The molecule has 1 aliphatic heterocycles. The Morgan fingerprint density at radius 1 is 1.26 bits per heavy atom.